The lowest BCUT2D eigenvalue weighted by molar-refractivity contribution is 0.808. The molecule has 90 valence electrons. The molecule has 0 bridgehead atoms. The second-order valence-electron chi connectivity index (χ2n) is 4.17. The van der Waals surface area contributed by atoms with Gasteiger partial charge >= 0.3 is 0 Å². The predicted molar refractivity (Wildman–Crippen MR) is 70.3 cm³/mol. The molecule has 0 spiro atoms. The molecule has 0 atom stereocenters. The van der Waals surface area contributed by atoms with Crippen molar-refractivity contribution in [3.63, 3.8) is 0 Å². The first-order chi connectivity index (χ1) is 8.35. The summed E-state index contributed by atoms with van der Waals surface area (Å²) in [5, 5.41) is 0. The first-order valence-electron chi connectivity index (χ1n) is 6.16. The standard InChI is InChI=1S/C14H19N3/c1-2-4-14-16-9-10-17(14)13-6-3-5-12(11-13)7-8-15/h3,5-6,9-11H,2,4,7-8,15H2,1H3. The van der Waals surface area contributed by atoms with E-state index in [1.54, 1.807) is 0 Å². The fourth-order valence-corrected chi connectivity index (χ4v) is 2.01. The smallest absolute Gasteiger partial charge is 0.113 e. The molecule has 3 nitrogen and oxygen atoms in total. The lowest BCUT2D eigenvalue weighted by Crippen LogP contribution is -2.04. The van der Waals surface area contributed by atoms with Crippen LogP contribution in [0.3, 0.4) is 0 Å². The highest BCUT2D eigenvalue weighted by atomic mass is 15.1. The van der Waals surface area contributed by atoms with E-state index in [4.69, 9.17) is 5.73 Å². The molecular formula is C14H19N3. The van der Waals surface area contributed by atoms with Crippen molar-refractivity contribution in [3.05, 3.63) is 48.0 Å². The summed E-state index contributed by atoms with van der Waals surface area (Å²) in [7, 11) is 0. The first-order valence-corrected chi connectivity index (χ1v) is 6.16. The van der Waals surface area contributed by atoms with Crippen molar-refractivity contribution in [2.45, 2.75) is 26.2 Å². The molecule has 0 saturated carbocycles. The zero-order valence-corrected chi connectivity index (χ0v) is 10.3. The van der Waals surface area contributed by atoms with Crippen LogP contribution in [-0.2, 0) is 12.8 Å². The fraction of sp³-hybridized carbons (Fsp3) is 0.357. The van der Waals surface area contributed by atoms with Crippen molar-refractivity contribution in [2.75, 3.05) is 6.54 Å². The molecular weight excluding hydrogens is 210 g/mol. The van der Waals surface area contributed by atoms with Gasteiger partial charge in [0.15, 0.2) is 0 Å². The highest BCUT2D eigenvalue weighted by Crippen LogP contribution is 2.14. The average molecular weight is 229 g/mol. The quantitative estimate of drug-likeness (QED) is 0.855. The Labute approximate surface area is 102 Å². The number of benzene rings is 1. The van der Waals surface area contributed by atoms with Crippen LogP contribution in [0.25, 0.3) is 5.69 Å². The average Bonchev–Trinajstić information content (AvgIpc) is 2.79. The number of hydrogen-bond acceptors (Lipinski definition) is 2. The SMILES string of the molecule is CCCc1nccn1-c1cccc(CCN)c1. The van der Waals surface area contributed by atoms with Gasteiger partial charge in [-0.1, -0.05) is 19.1 Å². The molecule has 1 aromatic heterocycles. The minimum atomic E-state index is 0.690. The largest absolute Gasteiger partial charge is 0.330 e. The van der Waals surface area contributed by atoms with Crippen LogP contribution in [0.4, 0.5) is 0 Å². The third kappa shape index (κ3) is 2.74. The number of rotatable bonds is 5. The van der Waals surface area contributed by atoms with Crippen LogP contribution < -0.4 is 5.73 Å². The molecule has 0 saturated heterocycles. The van der Waals surface area contributed by atoms with Crippen molar-refractivity contribution in [1.29, 1.82) is 0 Å². The van der Waals surface area contributed by atoms with Crippen molar-refractivity contribution < 1.29 is 0 Å². The third-order valence-corrected chi connectivity index (χ3v) is 2.81. The van der Waals surface area contributed by atoms with Crippen LogP contribution in [0.15, 0.2) is 36.7 Å². The maximum absolute atomic E-state index is 5.59. The summed E-state index contributed by atoms with van der Waals surface area (Å²) in [6, 6.07) is 8.50. The van der Waals surface area contributed by atoms with Gasteiger partial charge in [0.05, 0.1) is 0 Å². The Morgan fingerprint density at radius 1 is 1.29 bits per heavy atom. The van der Waals surface area contributed by atoms with Gasteiger partial charge in [0.25, 0.3) is 0 Å². The van der Waals surface area contributed by atoms with Crippen LogP contribution in [0.2, 0.25) is 0 Å². The maximum atomic E-state index is 5.59. The topological polar surface area (TPSA) is 43.8 Å². The lowest BCUT2D eigenvalue weighted by atomic mass is 10.1. The van der Waals surface area contributed by atoms with Crippen molar-refractivity contribution in [3.8, 4) is 5.69 Å². The van der Waals surface area contributed by atoms with Gasteiger partial charge < -0.3 is 10.3 Å². The number of hydrogen-bond donors (Lipinski definition) is 1. The first kappa shape index (κ1) is 11.9. The molecule has 17 heavy (non-hydrogen) atoms. The van der Waals surface area contributed by atoms with Crippen molar-refractivity contribution in [1.82, 2.24) is 9.55 Å². The van der Waals surface area contributed by atoms with E-state index in [0.29, 0.717) is 6.54 Å². The van der Waals surface area contributed by atoms with E-state index < -0.39 is 0 Å². The lowest BCUT2D eigenvalue weighted by Gasteiger charge is -2.08. The zero-order chi connectivity index (χ0) is 12.1. The number of imidazole rings is 1. The minimum Gasteiger partial charge on any atom is -0.330 e. The number of aryl methyl sites for hydroxylation is 1. The van der Waals surface area contributed by atoms with Crippen molar-refractivity contribution in [2.24, 2.45) is 5.73 Å². The summed E-state index contributed by atoms with van der Waals surface area (Å²) in [5.74, 6) is 1.12. The van der Waals surface area contributed by atoms with E-state index in [-0.39, 0.29) is 0 Å². The molecule has 0 unspecified atom stereocenters. The number of nitrogens with zero attached hydrogens (tertiary/aromatic N) is 2. The third-order valence-electron chi connectivity index (χ3n) is 2.81. The number of nitrogens with two attached hydrogens (primary N) is 1. The van der Waals surface area contributed by atoms with E-state index in [9.17, 15) is 0 Å². The van der Waals surface area contributed by atoms with E-state index >= 15 is 0 Å². The van der Waals surface area contributed by atoms with Gasteiger partial charge in [-0.3, -0.25) is 0 Å². The van der Waals surface area contributed by atoms with Crippen LogP contribution in [0.1, 0.15) is 24.7 Å². The Kier molecular flexibility index (Phi) is 3.94. The zero-order valence-electron chi connectivity index (χ0n) is 10.3. The molecule has 0 aliphatic rings. The van der Waals surface area contributed by atoms with Crippen LogP contribution >= 0.6 is 0 Å². The molecule has 0 aliphatic heterocycles. The van der Waals surface area contributed by atoms with Gasteiger partial charge in [0.2, 0.25) is 0 Å². The summed E-state index contributed by atoms with van der Waals surface area (Å²) in [5.41, 5.74) is 8.04. The van der Waals surface area contributed by atoms with Crippen LogP contribution in [0.5, 0.6) is 0 Å². The summed E-state index contributed by atoms with van der Waals surface area (Å²) < 4.78 is 2.16. The van der Waals surface area contributed by atoms with Gasteiger partial charge in [-0.05, 0) is 37.1 Å². The molecule has 0 radical (unpaired) electrons. The Bertz CT molecular complexity index is 474. The second-order valence-corrected chi connectivity index (χ2v) is 4.17. The number of aromatic nitrogens is 2. The molecule has 1 aromatic carbocycles. The second kappa shape index (κ2) is 5.64. The molecule has 1 heterocycles. The van der Waals surface area contributed by atoms with Gasteiger partial charge in [0, 0.05) is 24.5 Å². The normalized spacial score (nSPS) is 10.7. The highest BCUT2D eigenvalue weighted by Gasteiger charge is 2.04. The van der Waals surface area contributed by atoms with E-state index in [2.05, 4.69) is 40.7 Å². The van der Waals surface area contributed by atoms with Crippen molar-refractivity contribution >= 4 is 0 Å². The van der Waals surface area contributed by atoms with E-state index in [1.807, 2.05) is 12.4 Å². The summed E-state index contributed by atoms with van der Waals surface area (Å²) >= 11 is 0. The monoisotopic (exact) mass is 229 g/mol. The Hall–Kier alpha value is -1.61. The van der Waals surface area contributed by atoms with Crippen LogP contribution in [0, 0.1) is 0 Å². The summed E-state index contributed by atoms with van der Waals surface area (Å²) in [6.07, 6.45) is 6.92. The maximum Gasteiger partial charge on any atom is 0.113 e. The molecule has 2 aromatic rings. The van der Waals surface area contributed by atoms with Gasteiger partial charge in [-0.15, -0.1) is 0 Å². The highest BCUT2D eigenvalue weighted by molar-refractivity contribution is 5.37. The minimum absolute atomic E-state index is 0.690. The van der Waals surface area contributed by atoms with Gasteiger partial charge in [0.1, 0.15) is 5.82 Å². The van der Waals surface area contributed by atoms with E-state index in [1.165, 1.54) is 11.3 Å². The Balaban J connectivity index is 2.31. The predicted octanol–water partition coefficient (Wildman–Crippen LogP) is 2.33. The molecule has 2 rings (SSSR count). The Morgan fingerprint density at radius 2 is 2.18 bits per heavy atom. The molecule has 3 heteroatoms. The van der Waals surface area contributed by atoms with E-state index in [0.717, 1.165) is 25.1 Å². The summed E-state index contributed by atoms with van der Waals surface area (Å²) in [6.45, 7) is 2.86. The van der Waals surface area contributed by atoms with Gasteiger partial charge in [-0.2, -0.15) is 0 Å². The summed E-state index contributed by atoms with van der Waals surface area (Å²) in [4.78, 5) is 4.40. The molecule has 0 aliphatic carbocycles. The molecule has 2 N–H and O–H groups in total. The van der Waals surface area contributed by atoms with Crippen LogP contribution in [-0.4, -0.2) is 16.1 Å². The molecule has 0 fully saturated rings. The molecule has 0 amide bonds. The fourth-order valence-electron chi connectivity index (χ4n) is 2.01. The Morgan fingerprint density at radius 3 is 2.94 bits per heavy atom. The van der Waals surface area contributed by atoms with Gasteiger partial charge in [-0.25, -0.2) is 4.98 Å².